The molecule has 0 aromatic carbocycles. The second-order valence-corrected chi connectivity index (χ2v) is 6.93. The summed E-state index contributed by atoms with van der Waals surface area (Å²) in [4.78, 5) is 30.4. The molecule has 2 aromatic heterocycles. The number of hydrogen-bond donors (Lipinski definition) is 0. The van der Waals surface area contributed by atoms with E-state index in [2.05, 4.69) is 11.6 Å². The predicted molar refractivity (Wildman–Crippen MR) is 101 cm³/mol. The highest BCUT2D eigenvalue weighted by Gasteiger charge is 2.34. The first kappa shape index (κ1) is 17.2. The van der Waals surface area contributed by atoms with Crippen molar-refractivity contribution < 1.29 is 9.59 Å². The minimum absolute atomic E-state index is 0.230. The first-order valence-corrected chi connectivity index (χ1v) is 8.72. The number of nitrogens with zero attached hydrogens (tertiary/aromatic N) is 3. The second kappa shape index (κ2) is 6.72. The molecule has 1 aliphatic rings. The van der Waals surface area contributed by atoms with Gasteiger partial charge >= 0.3 is 0 Å². The predicted octanol–water partition coefficient (Wildman–Crippen LogP) is 4.02. The van der Waals surface area contributed by atoms with Crippen LogP contribution in [0.2, 0.25) is 0 Å². The van der Waals surface area contributed by atoms with E-state index in [1.54, 1.807) is 18.3 Å². The third-order valence-electron chi connectivity index (χ3n) is 4.07. The number of aryl methyl sites for hydroxylation is 2. The van der Waals surface area contributed by atoms with Crippen LogP contribution in [0, 0.1) is 20.8 Å². The van der Waals surface area contributed by atoms with Gasteiger partial charge in [0.2, 0.25) is 0 Å². The van der Waals surface area contributed by atoms with Crippen LogP contribution in [-0.4, -0.2) is 32.1 Å². The average Bonchev–Trinajstić information content (AvgIpc) is 2.98. The van der Waals surface area contributed by atoms with Crippen LogP contribution < -0.4 is 0 Å². The SMILES string of the molecule is C=CCN1C(=O)SC(=Cc2cc(C)n(-c3cc(C)ccn3)c2C)C1=O. The minimum atomic E-state index is -0.270. The summed E-state index contributed by atoms with van der Waals surface area (Å²) >= 11 is 0.965. The topological polar surface area (TPSA) is 55.2 Å². The number of hydrogen-bond acceptors (Lipinski definition) is 4. The van der Waals surface area contributed by atoms with E-state index in [1.807, 2.05) is 43.5 Å². The van der Waals surface area contributed by atoms with Crippen molar-refractivity contribution in [2.45, 2.75) is 20.8 Å². The largest absolute Gasteiger partial charge is 0.303 e. The van der Waals surface area contributed by atoms with Crippen molar-refractivity contribution in [3.63, 3.8) is 0 Å². The average molecular weight is 353 g/mol. The standard InChI is InChI=1S/C19H19N3O2S/c1-5-8-21-18(23)16(25-19(21)24)11-15-10-13(3)22(14(15)4)17-9-12(2)6-7-20-17/h5-7,9-11H,1,8H2,2-4H3. The van der Waals surface area contributed by atoms with Crippen molar-refractivity contribution in [3.05, 3.63) is 64.5 Å². The lowest BCUT2D eigenvalue weighted by Gasteiger charge is -2.09. The smallest absolute Gasteiger partial charge is 0.293 e. The molecule has 1 fully saturated rings. The molecule has 3 heterocycles. The van der Waals surface area contributed by atoms with Crippen LogP contribution in [-0.2, 0) is 4.79 Å². The molecule has 2 aromatic rings. The van der Waals surface area contributed by atoms with Crippen LogP contribution in [0.5, 0.6) is 0 Å². The molecule has 6 heteroatoms. The van der Waals surface area contributed by atoms with Crippen LogP contribution in [0.4, 0.5) is 4.79 Å². The van der Waals surface area contributed by atoms with Crippen molar-refractivity contribution in [3.8, 4) is 5.82 Å². The third kappa shape index (κ3) is 3.17. The van der Waals surface area contributed by atoms with Gasteiger partial charge in [-0.1, -0.05) is 6.08 Å². The second-order valence-electron chi connectivity index (χ2n) is 5.93. The Morgan fingerprint density at radius 1 is 1.24 bits per heavy atom. The van der Waals surface area contributed by atoms with Gasteiger partial charge in [0, 0.05) is 24.1 Å². The number of rotatable bonds is 4. The highest BCUT2D eigenvalue weighted by atomic mass is 32.2. The van der Waals surface area contributed by atoms with Gasteiger partial charge in [-0.05, 0) is 67.9 Å². The Morgan fingerprint density at radius 2 is 2.00 bits per heavy atom. The van der Waals surface area contributed by atoms with E-state index in [0.717, 1.165) is 40.1 Å². The number of aromatic nitrogens is 2. The zero-order valence-corrected chi connectivity index (χ0v) is 15.3. The zero-order chi connectivity index (χ0) is 18.1. The highest BCUT2D eigenvalue weighted by molar-refractivity contribution is 8.18. The van der Waals surface area contributed by atoms with Gasteiger partial charge in [0.15, 0.2) is 0 Å². The number of pyridine rings is 1. The van der Waals surface area contributed by atoms with E-state index in [9.17, 15) is 9.59 Å². The molecule has 2 amide bonds. The van der Waals surface area contributed by atoms with Crippen molar-refractivity contribution in [1.29, 1.82) is 0 Å². The van der Waals surface area contributed by atoms with Gasteiger partial charge in [-0.15, -0.1) is 6.58 Å². The lowest BCUT2D eigenvalue weighted by Crippen LogP contribution is -2.27. The van der Waals surface area contributed by atoms with Gasteiger partial charge in [0.25, 0.3) is 11.1 Å². The molecule has 25 heavy (non-hydrogen) atoms. The van der Waals surface area contributed by atoms with Gasteiger partial charge in [-0.3, -0.25) is 14.5 Å². The monoisotopic (exact) mass is 353 g/mol. The molecule has 0 atom stereocenters. The number of carbonyl (C=O) groups excluding carboxylic acids is 2. The Balaban J connectivity index is 2.00. The Bertz CT molecular complexity index is 911. The van der Waals surface area contributed by atoms with Gasteiger partial charge < -0.3 is 4.57 Å². The highest BCUT2D eigenvalue weighted by Crippen LogP contribution is 2.33. The fourth-order valence-electron chi connectivity index (χ4n) is 2.86. The summed E-state index contributed by atoms with van der Waals surface area (Å²) in [5.74, 6) is 0.572. The Kier molecular flexibility index (Phi) is 4.63. The lowest BCUT2D eigenvalue weighted by molar-refractivity contribution is -0.122. The number of imide groups is 1. The molecule has 128 valence electrons. The summed E-state index contributed by atoms with van der Waals surface area (Å²) < 4.78 is 2.05. The molecule has 0 unspecified atom stereocenters. The fraction of sp³-hybridized carbons (Fsp3) is 0.211. The zero-order valence-electron chi connectivity index (χ0n) is 14.4. The lowest BCUT2D eigenvalue weighted by atomic mass is 10.2. The molecule has 0 radical (unpaired) electrons. The van der Waals surface area contributed by atoms with Crippen molar-refractivity contribution in [2.24, 2.45) is 0 Å². The summed E-state index contributed by atoms with van der Waals surface area (Å²) in [6, 6.07) is 5.97. The summed E-state index contributed by atoms with van der Waals surface area (Å²) in [6.45, 7) is 9.82. The maximum Gasteiger partial charge on any atom is 0.293 e. The molecule has 0 saturated carbocycles. The summed E-state index contributed by atoms with van der Waals surface area (Å²) in [5.41, 5.74) is 4.03. The van der Waals surface area contributed by atoms with Crippen LogP contribution in [0.25, 0.3) is 11.9 Å². The molecule has 0 bridgehead atoms. The van der Waals surface area contributed by atoms with E-state index in [-0.39, 0.29) is 17.7 Å². The minimum Gasteiger partial charge on any atom is -0.303 e. The Morgan fingerprint density at radius 3 is 2.68 bits per heavy atom. The van der Waals surface area contributed by atoms with Crippen LogP contribution in [0.1, 0.15) is 22.5 Å². The molecule has 3 rings (SSSR count). The molecule has 1 aliphatic heterocycles. The van der Waals surface area contributed by atoms with Gasteiger partial charge in [0.05, 0.1) is 4.91 Å². The molecule has 0 aliphatic carbocycles. The van der Waals surface area contributed by atoms with Crippen molar-refractivity contribution in [2.75, 3.05) is 6.54 Å². The first-order chi connectivity index (χ1) is 11.9. The quantitative estimate of drug-likeness (QED) is 0.615. The molecule has 0 spiro atoms. The van der Waals surface area contributed by atoms with E-state index in [1.165, 1.54) is 4.90 Å². The van der Waals surface area contributed by atoms with Gasteiger partial charge in [-0.2, -0.15) is 0 Å². The molecule has 1 saturated heterocycles. The van der Waals surface area contributed by atoms with E-state index < -0.39 is 0 Å². The molecule has 0 N–H and O–H groups in total. The summed E-state index contributed by atoms with van der Waals surface area (Å²) in [6.07, 6.45) is 5.11. The summed E-state index contributed by atoms with van der Waals surface area (Å²) in [5, 5.41) is -0.259. The van der Waals surface area contributed by atoms with Crippen molar-refractivity contribution in [1.82, 2.24) is 14.5 Å². The first-order valence-electron chi connectivity index (χ1n) is 7.90. The fourth-order valence-corrected chi connectivity index (χ4v) is 3.70. The van der Waals surface area contributed by atoms with Crippen LogP contribution in [0.15, 0.2) is 42.0 Å². The Labute approximate surface area is 151 Å². The van der Waals surface area contributed by atoms with Gasteiger partial charge in [-0.25, -0.2) is 4.98 Å². The number of carbonyl (C=O) groups is 2. The van der Waals surface area contributed by atoms with E-state index >= 15 is 0 Å². The Hall–Kier alpha value is -2.60. The molecular formula is C19H19N3O2S. The van der Waals surface area contributed by atoms with Crippen LogP contribution >= 0.6 is 11.8 Å². The number of amides is 2. The molecular weight excluding hydrogens is 334 g/mol. The van der Waals surface area contributed by atoms with E-state index in [0.29, 0.717) is 4.91 Å². The molecule has 5 nitrogen and oxygen atoms in total. The van der Waals surface area contributed by atoms with Crippen LogP contribution in [0.3, 0.4) is 0 Å². The maximum absolute atomic E-state index is 12.4. The normalized spacial score (nSPS) is 16.1. The summed E-state index contributed by atoms with van der Waals surface area (Å²) in [7, 11) is 0. The van der Waals surface area contributed by atoms with E-state index in [4.69, 9.17) is 0 Å². The van der Waals surface area contributed by atoms with Crippen molar-refractivity contribution >= 4 is 29.0 Å². The number of thioether (sulfide) groups is 1. The maximum atomic E-state index is 12.4. The third-order valence-corrected chi connectivity index (χ3v) is 4.98. The van der Waals surface area contributed by atoms with Gasteiger partial charge in [0.1, 0.15) is 5.82 Å².